The van der Waals surface area contributed by atoms with Gasteiger partial charge in [-0.25, -0.2) is 5.01 Å². The van der Waals surface area contributed by atoms with Gasteiger partial charge in [0.2, 0.25) is 0 Å². The summed E-state index contributed by atoms with van der Waals surface area (Å²) < 4.78 is 0. The van der Waals surface area contributed by atoms with Crippen molar-refractivity contribution in [2.45, 2.75) is 12.5 Å². The van der Waals surface area contributed by atoms with Gasteiger partial charge in [-0.05, 0) is 12.5 Å². The van der Waals surface area contributed by atoms with Crippen LogP contribution in [0.15, 0.2) is 30.3 Å². The zero-order valence-corrected chi connectivity index (χ0v) is 9.32. The van der Waals surface area contributed by atoms with E-state index >= 15 is 0 Å². The lowest BCUT2D eigenvalue weighted by atomic mass is 9.92. The van der Waals surface area contributed by atoms with Gasteiger partial charge in [-0.1, -0.05) is 30.3 Å². The molecule has 0 fully saturated rings. The van der Waals surface area contributed by atoms with Crippen LogP contribution in [0.25, 0.3) is 0 Å². The summed E-state index contributed by atoms with van der Waals surface area (Å²) >= 11 is 0. The zero-order valence-electron chi connectivity index (χ0n) is 9.32. The average Bonchev–Trinajstić information content (AvgIpc) is 2.18. The van der Waals surface area contributed by atoms with Crippen LogP contribution in [0.4, 0.5) is 0 Å². The molecule has 1 rings (SSSR count). The Morgan fingerprint density at radius 3 is 2.33 bits per heavy atom. The number of nitrogens with two attached hydrogens (primary N) is 1. The van der Waals surface area contributed by atoms with Crippen LogP contribution in [0.3, 0.4) is 0 Å². The molecule has 1 aromatic carbocycles. The third kappa shape index (κ3) is 2.78. The summed E-state index contributed by atoms with van der Waals surface area (Å²) in [4.78, 5) is 11.8. The molecule has 0 aliphatic rings. The highest BCUT2D eigenvalue weighted by Gasteiger charge is 2.30. The smallest absolute Gasteiger partial charge is 0.258 e. The van der Waals surface area contributed by atoms with Gasteiger partial charge in [-0.15, -0.1) is 0 Å². The van der Waals surface area contributed by atoms with Gasteiger partial charge in [0.15, 0.2) is 0 Å². The normalized spacial score (nSPS) is 14.7. The molecule has 0 aliphatic carbocycles. The predicted octanol–water partition coefficient (Wildman–Crippen LogP) is 0.453. The SMILES string of the molecule is CN(C)NC(=O)C(C)(N)c1ccccc1. The first-order valence-corrected chi connectivity index (χ1v) is 4.77. The molecule has 1 aromatic rings. The van der Waals surface area contributed by atoms with E-state index in [1.54, 1.807) is 26.0 Å². The third-order valence-electron chi connectivity index (χ3n) is 2.17. The number of nitrogens with one attached hydrogen (secondary N) is 1. The molecule has 0 heterocycles. The van der Waals surface area contributed by atoms with E-state index in [0.717, 1.165) is 5.56 Å². The molecular weight excluding hydrogens is 190 g/mol. The molecule has 15 heavy (non-hydrogen) atoms. The van der Waals surface area contributed by atoms with E-state index in [1.165, 1.54) is 0 Å². The van der Waals surface area contributed by atoms with Gasteiger partial charge in [0.1, 0.15) is 5.54 Å². The van der Waals surface area contributed by atoms with Crippen molar-refractivity contribution in [2.75, 3.05) is 14.1 Å². The molecular formula is C11H17N3O. The Hall–Kier alpha value is -1.39. The summed E-state index contributed by atoms with van der Waals surface area (Å²) in [5.74, 6) is -0.223. The zero-order chi connectivity index (χ0) is 11.5. The maximum Gasteiger partial charge on any atom is 0.258 e. The van der Waals surface area contributed by atoms with E-state index in [-0.39, 0.29) is 5.91 Å². The summed E-state index contributed by atoms with van der Waals surface area (Å²) in [6.07, 6.45) is 0. The molecule has 0 bridgehead atoms. The first kappa shape index (κ1) is 11.7. The van der Waals surface area contributed by atoms with Crippen molar-refractivity contribution >= 4 is 5.91 Å². The molecule has 0 aliphatic heterocycles. The van der Waals surface area contributed by atoms with Crippen molar-refractivity contribution in [1.82, 2.24) is 10.4 Å². The Balaban J connectivity index is 2.88. The molecule has 1 atom stereocenters. The topological polar surface area (TPSA) is 58.4 Å². The largest absolute Gasteiger partial charge is 0.314 e. The first-order chi connectivity index (χ1) is 6.94. The molecule has 82 valence electrons. The van der Waals surface area contributed by atoms with Gasteiger partial charge in [0, 0.05) is 14.1 Å². The summed E-state index contributed by atoms with van der Waals surface area (Å²) in [6, 6.07) is 9.31. The van der Waals surface area contributed by atoms with Crippen LogP contribution in [-0.2, 0) is 10.3 Å². The van der Waals surface area contributed by atoms with Crippen LogP contribution < -0.4 is 11.2 Å². The van der Waals surface area contributed by atoms with Gasteiger partial charge in [0.05, 0.1) is 0 Å². The molecule has 0 saturated carbocycles. The van der Waals surface area contributed by atoms with Gasteiger partial charge in [0.25, 0.3) is 5.91 Å². The highest BCUT2D eigenvalue weighted by Crippen LogP contribution is 2.17. The van der Waals surface area contributed by atoms with Crippen LogP contribution in [0.1, 0.15) is 12.5 Å². The van der Waals surface area contributed by atoms with Crippen molar-refractivity contribution in [3.05, 3.63) is 35.9 Å². The van der Waals surface area contributed by atoms with E-state index in [2.05, 4.69) is 5.43 Å². The molecule has 0 aromatic heterocycles. The third-order valence-corrected chi connectivity index (χ3v) is 2.17. The molecule has 3 N–H and O–H groups in total. The van der Waals surface area contributed by atoms with Crippen LogP contribution in [-0.4, -0.2) is 25.0 Å². The number of hydrogen-bond acceptors (Lipinski definition) is 3. The minimum Gasteiger partial charge on any atom is -0.314 e. The van der Waals surface area contributed by atoms with Gasteiger partial charge >= 0.3 is 0 Å². The Morgan fingerprint density at radius 2 is 1.87 bits per heavy atom. The monoisotopic (exact) mass is 207 g/mol. The van der Waals surface area contributed by atoms with E-state index in [4.69, 9.17) is 5.73 Å². The molecule has 1 amide bonds. The molecule has 1 unspecified atom stereocenters. The number of hydrazine groups is 1. The fourth-order valence-corrected chi connectivity index (χ4v) is 1.23. The number of hydrogen-bond donors (Lipinski definition) is 2. The average molecular weight is 207 g/mol. The summed E-state index contributed by atoms with van der Waals surface area (Å²) in [5.41, 5.74) is 8.43. The van der Waals surface area contributed by atoms with Crippen molar-refractivity contribution in [3.63, 3.8) is 0 Å². The highest BCUT2D eigenvalue weighted by atomic mass is 16.2. The molecule has 0 spiro atoms. The maximum atomic E-state index is 11.8. The first-order valence-electron chi connectivity index (χ1n) is 4.77. The van der Waals surface area contributed by atoms with Crippen LogP contribution in [0, 0.1) is 0 Å². The number of carbonyl (C=O) groups excluding carboxylic acids is 1. The number of carbonyl (C=O) groups is 1. The van der Waals surface area contributed by atoms with Crippen LogP contribution >= 0.6 is 0 Å². The van der Waals surface area contributed by atoms with Crippen molar-refractivity contribution in [1.29, 1.82) is 0 Å². The van der Waals surface area contributed by atoms with E-state index in [0.29, 0.717) is 0 Å². The maximum absolute atomic E-state index is 11.8. The number of nitrogens with zero attached hydrogens (tertiary/aromatic N) is 1. The molecule has 0 radical (unpaired) electrons. The lowest BCUT2D eigenvalue weighted by molar-refractivity contribution is -0.130. The summed E-state index contributed by atoms with van der Waals surface area (Å²) in [5, 5.41) is 1.58. The second-order valence-electron chi connectivity index (χ2n) is 3.90. The van der Waals surface area contributed by atoms with Gasteiger partial charge in [-0.2, -0.15) is 0 Å². The number of amides is 1. The molecule has 4 nitrogen and oxygen atoms in total. The fourth-order valence-electron chi connectivity index (χ4n) is 1.23. The molecule has 0 saturated heterocycles. The van der Waals surface area contributed by atoms with Gasteiger partial charge in [-0.3, -0.25) is 10.2 Å². The highest BCUT2D eigenvalue weighted by molar-refractivity contribution is 5.86. The number of benzene rings is 1. The Kier molecular flexibility index (Phi) is 3.44. The Bertz CT molecular complexity index is 333. The summed E-state index contributed by atoms with van der Waals surface area (Å²) in [7, 11) is 3.50. The van der Waals surface area contributed by atoms with Crippen LogP contribution in [0.5, 0.6) is 0 Å². The quantitative estimate of drug-likeness (QED) is 0.708. The lowest BCUT2D eigenvalue weighted by Gasteiger charge is -2.26. The fraction of sp³-hybridized carbons (Fsp3) is 0.364. The predicted molar refractivity (Wildman–Crippen MR) is 59.8 cm³/mol. The Morgan fingerprint density at radius 1 is 1.33 bits per heavy atom. The van der Waals surface area contributed by atoms with Crippen molar-refractivity contribution < 1.29 is 4.79 Å². The number of rotatable bonds is 3. The summed E-state index contributed by atoms with van der Waals surface area (Å²) in [6.45, 7) is 1.70. The minimum absolute atomic E-state index is 0.223. The van der Waals surface area contributed by atoms with Crippen molar-refractivity contribution in [3.8, 4) is 0 Å². The van der Waals surface area contributed by atoms with Gasteiger partial charge < -0.3 is 5.73 Å². The lowest BCUT2D eigenvalue weighted by Crippen LogP contribution is -2.52. The van der Waals surface area contributed by atoms with Crippen LogP contribution in [0.2, 0.25) is 0 Å². The van der Waals surface area contributed by atoms with E-state index in [9.17, 15) is 4.79 Å². The molecule has 4 heteroatoms. The van der Waals surface area contributed by atoms with E-state index in [1.807, 2.05) is 30.3 Å². The minimum atomic E-state index is -1.01. The van der Waals surface area contributed by atoms with E-state index < -0.39 is 5.54 Å². The van der Waals surface area contributed by atoms with Crippen molar-refractivity contribution in [2.24, 2.45) is 5.73 Å². The Labute approximate surface area is 90.0 Å². The standard InChI is InChI=1S/C11H17N3O/c1-11(12,10(15)13-14(2)3)9-7-5-4-6-8-9/h4-8H,12H2,1-3H3,(H,13,15). The second-order valence-corrected chi connectivity index (χ2v) is 3.90. The second kappa shape index (κ2) is 4.42.